The Balaban J connectivity index is 1.72. The Hall–Kier alpha value is -3.21. The third-order valence-corrected chi connectivity index (χ3v) is 9.56. The van der Waals surface area contributed by atoms with Gasteiger partial charge in [0.15, 0.2) is 17.2 Å². The maximum absolute atomic E-state index is 14.2. The number of aliphatic hydroxyl groups is 3. The number of benzene rings is 1. The van der Waals surface area contributed by atoms with Crippen LogP contribution in [-0.2, 0) is 29.1 Å². The highest BCUT2D eigenvalue weighted by molar-refractivity contribution is 6.25. The van der Waals surface area contributed by atoms with Gasteiger partial charge in [-0.15, -0.1) is 0 Å². The first-order valence-electron chi connectivity index (χ1n) is 13.8. The minimum atomic E-state index is -2.56. The Morgan fingerprint density at radius 2 is 1.70 bits per heavy atom. The van der Waals surface area contributed by atoms with Crippen molar-refractivity contribution in [1.29, 1.82) is 0 Å². The van der Waals surface area contributed by atoms with Crippen LogP contribution in [0.15, 0.2) is 22.7 Å². The summed E-state index contributed by atoms with van der Waals surface area (Å²) in [4.78, 5) is 45.9. The van der Waals surface area contributed by atoms with E-state index in [1.807, 2.05) is 19.0 Å². The minimum Gasteiger partial charge on any atom is -0.510 e. The van der Waals surface area contributed by atoms with Gasteiger partial charge in [0.2, 0.25) is 5.78 Å². The summed E-state index contributed by atoms with van der Waals surface area (Å²) in [6, 6.07) is -0.668. The second-order valence-corrected chi connectivity index (χ2v) is 12.2. The van der Waals surface area contributed by atoms with Crippen LogP contribution in [0.25, 0.3) is 0 Å². The van der Waals surface area contributed by atoms with E-state index in [2.05, 4.69) is 18.7 Å². The summed E-state index contributed by atoms with van der Waals surface area (Å²) in [6.45, 7) is 6.46. The number of phenolic OH excluding ortho intramolecular Hbond substituents is 1. The smallest absolute Gasteiger partial charge is 0.209 e. The van der Waals surface area contributed by atoms with Gasteiger partial charge in [-0.2, -0.15) is 0 Å². The Morgan fingerprint density at radius 1 is 1.07 bits per heavy atom. The predicted octanol–water partition coefficient (Wildman–Crippen LogP) is 2.40. The molecule has 1 heterocycles. The maximum Gasteiger partial charge on any atom is 0.209 e. The monoisotopic (exact) mass is 553 g/mol. The summed E-state index contributed by atoms with van der Waals surface area (Å²) in [5, 5.41) is 46.0. The van der Waals surface area contributed by atoms with Gasteiger partial charge in [0.25, 0.3) is 0 Å². The van der Waals surface area contributed by atoms with Gasteiger partial charge in [0, 0.05) is 56.0 Å². The minimum absolute atomic E-state index is 0.0888. The van der Waals surface area contributed by atoms with Crippen LogP contribution in [0.3, 0.4) is 0 Å². The van der Waals surface area contributed by atoms with Crippen molar-refractivity contribution >= 4 is 23.0 Å². The van der Waals surface area contributed by atoms with Crippen LogP contribution >= 0.6 is 0 Å². The summed E-state index contributed by atoms with van der Waals surface area (Å²) in [5.41, 5.74) is 0.0324. The van der Waals surface area contributed by atoms with Crippen molar-refractivity contribution in [3.05, 3.63) is 44.9 Å². The fraction of sp³-hybridized carbons (Fsp3) is 0.567. The average molecular weight is 554 g/mol. The zero-order chi connectivity index (χ0) is 29.6. The van der Waals surface area contributed by atoms with E-state index in [-0.39, 0.29) is 29.3 Å². The topological polar surface area (TPSA) is 142 Å². The first-order valence-corrected chi connectivity index (χ1v) is 13.8. The maximum atomic E-state index is 14.2. The first-order chi connectivity index (χ1) is 18.7. The number of allylic oxidation sites excluding steroid dienone is 1. The number of rotatable bonds is 5. The molecule has 4 aliphatic rings. The van der Waals surface area contributed by atoms with Crippen molar-refractivity contribution in [3.63, 3.8) is 0 Å². The van der Waals surface area contributed by atoms with Gasteiger partial charge in [-0.25, -0.2) is 0 Å². The zero-order valence-corrected chi connectivity index (χ0v) is 24.2. The number of hydrogen-bond acceptors (Lipinski definition) is 10. The number of anilines is 1. The molecular weight excluding hydrogens is 514 g/mol. The van der Waals surface area contributed by atoms with E-state index >= 15 is 0 Å². The van der Waals surface area contributed by atoms with E-state index in [0.717, 1.165) is 24.6 Å². The molecule has 0 amide bonds. The second kappa shape index (κ2) is 9.43. The largest absolute Gasteiger partial charge is 0.510 e. The molecule has 10 heteroatoms. The van der Waals surface area contributed by atoms with Gasteiger partial charge in [0.1, 0.15) is 22.8 Å². The molecule has 5 atom stereocenters. The molecule has 0 fully saturated rings. The molecular formula is C30H39N3O7. The van der Waals surface area contributed by atoms with Gasteiger partial charge >= 0.3 is 0 Å². The molecule has 0 spiro atoms. The predicted molar refractivity (Wildman–Crippen MR) is 148 cm³/mol. The van der Waals surface area contributed by atoms with Crippen molar-refractivity contribution in [2.75, 3.05) is 33.1 Å². The fourth-order valence-corrected chi connectivity index (χ4v) is 7.49. The SMILES string of the molecule is CC[C@H](C)N1Cc2c(O)c3c(c(N(C)C)c2C1)C[C@H]1C[C@H]2[C@H](N(C)C)C(O)=C(C(C)=O)C(=O)[C@@]2(O)C(O)=C1C3=O. The van der Waals surface area contributed by atoms with Crippen LogP contribution < -0.4 is 4.90 Å². The molecule has 0 bridgehead atoms. The van der Waals surface area contributed by atoms with Crippen LogP contribution in [0.2, 0.25) is 0 Å². The first kappa shape index (κ1) is 28.3. The van der Waals surface area contributed by atoms with Crippen LogP contribution in [-0.4, -0.2) is 93.5 Å². The molecule has 216 valence electrons. The molecule has 0 saturated carbocycles. The third kappa shape index (κ3) is 3.62. The highest BCUT2D eigenvalue weighted by Crippen LogP contribution is 2.55. The molecule has 1 aliphatic heterocycles. The molecule has 1 aromatic rings. The molecule has 4 N–H and O–H groups in total. The Kier molecular flexibility index (Phi) is 6.67. The number of phenols is 1. The summed E-state index contributed by atoms with van der Waals surface area (Å²) in [5.74, 6) is -5.41. The number of hydrogen-bond donors (Lipinski definition) is 4. The average Bonchev–Trinajstić information content (AvgIpc) is 3.30. The van der Waals surface area contributed by atoms with Crippen LogP contribution in [0.4, 0.5) is 5.69 Å². The summed E-state index contributed by atoms with van der Waals surface area (Å²) in [7, 11) is 7.11. The van der Waals surface area contributed by atoms with Crippen molar-refractivity contribution < 1.29 is 34.8 Å². The Bertz CT molecular complexity index is 1410. The molecule has 10 nitrogen and oxygen atoms in total. The number of Topliss-reactive ketones (excluding diaryl/α,β-unsaturated/α-hetero) is 3. The van der Waals surface area contributed by atoms with E-state index < -0.39 is 57.9 Å². The van der Waals surface area contributed by atoms with Crippen molar-refractivity contribution in [2.24, 2.45) is 11.8 Å². The number of aromatic hydroxyl groups is 1. The number of nitrogens with zero attached hydrogens (tertiary/aromatic N) is 3. The number of fused-ring (bicyclic) bond motifs is 4. The second-order valence-electron chi connectivity index (χ2n) is 12.2. The molecule has 40 heavy (non-hydrogen) atoms. The molecule has 0 unspecified atom stereocenters. The fourth-order valence-electron chi connectivity index (χ4n) is 7.49. The quantitative estimate of drug-likeness (QED) is 0.402. The lowest BCUT2D eigenvalue weighted by Crippen LogP contribution is -2.63. The summed E-state index contributed by atoms with van der Waals surface area (Å²) >= 11 is 0. The molecule has 1 aromatic carbocycles. The Morgan fingerprint density at radius 3 is 2.25 bits per heavy atom. The number of carbonyl (C=O) groups is 3. The highest BCUT2D eigenvalue weighted by atomic mass is 16.3. The van der Waals surface area contributed by atoms with E-state index in [0.29, 0.717) is 30.6 Å². The van der Waals surface area contributed by atoms with Crippen molar-refractivity contribution in [1.82, 2.24) is 9.80 Å². The molecule has 3 aliphatic carbocycles. The van der Waals surface area contributed by atoms with E-state index in [1.54, 1.807) is 19.0 Å². The lowest BCUT2D eigenvalue weighted by molar-refractivity contribution is -0.148. The standard InChI is InChI=1S/C30H39N3O7/c1-8-13(2)33-11-17-18(12-33)25(35)22-16(23(17)31(4)5)9-15-10-19-24(32(6)7)27(37)20(14(3)34)28(38)30(19,40)29(39)21(15)26(22)36/h13,15,19,24,35,37,39-40H,8-12H2,1-7H3/t13-,15-,19-,24-,30+/m0/s1. The van der Waals surface area contributed by atoms with Crippen LogP contribution in [0.5, 0.6) is 5.75 Å². The van der Waals surface area contributed by atoms with Gasteiger partial charge in [-0.05, 0) is 64.3 Å². The van der Waals surface area contributed by atoms with Crippen molar-refractivity contribution in [3.8, 4) is 5.75 Å². The zero-order valence-electron chi connectivity index (χ0n) is 24.2. The highest BCUT2D eigenvalue weighted by Gasteiger charge is 2.63. The lowest BCUT2D eigenvalue weighted by Gasteiger charge is -2.50. The number of aliphatic hydroxyl groups excluding tert-OH is 2. The molecule has 0 aromatic heterocycles. The van der Waals surface area contributed by atoms with E-state index in [9.17, 15) is 34.8 Å². The normalized spacial score (nSPS) is 28.9. The van der Waals surface area contributed by atoms with Gasteiger partial charge in [-0.3, -0.25) is 24.2 Å². The Labute approximate surface area is 234 Å². The number of ketones is 3. The summed E-state index contributed by atoms with van der Waals surface area (Å²) in [6.07, 6.45) is 1.33. The van der Waals surface area contributed by atoms with E-state index in [4.69, 9.17) is 0 Å². The summed E-state index contributed by atoms with van der Waals surface area (Å²) < 4.78 is 0. The van der Waals surface area contributed by atoms with Gasteiger partial charge < -0.3 is 25.3 Å². The number of likely N-dealkylation sites (N-methyl/N-ethyl adjacent to an activating group) is 1. The van der Waals surface area contributed by atoms with Crippen molar-refractivity contribution in [2.45, 2.75) is 70.8 Å². The molecule has 0 radical (unpaired) electrons. The molecule has 0 saturated heterocycles. The van der Waals surface area contributed by atoms with Gasteiger partial charge in [0.05, 0.1) is 11.6 Å². The van der Waals surface area contributed by atoms with Crippen LogP contribution in [0.1, 0.15) is 60.7 Å². The third-order valence-electron chi connectivity index (χ3n) is 9.56. The number of carbonyl (C=O) groups excluding carboxylic acids is 3. The van der Waals surface area contributed by atoms with E-state index in [1.165, 1.54) is 0 Å². The van der Waals surface area contributed by atoms with Gasteiger partial charge in [-0.1, -0.05) is 6.92 Å². The van der Waals surface area contributed by atoms with Crippen LogP contribution in [0, 0.1) is 11.8 Å². The lowest BCUT2D eigenvalue weighted by atomic mass is 9.58. The molecule has 5 rings (SSSR count).